The maximum atomic E-state index is 12.1. The zero-order valence-corrected chi connectivity index (χ0v) is 11.6. The highest BCUT2D eigenvalue weighted by molar-refractivity contribution is 7.91. The number of rotatable bonds is 1. The van der Waals surface area contributed by atoms with Gasteiger partial charge in [0.2, 0.25) is 0 Å². The van der Waals surface area contributed by atoms with Crippen LogP contribution in [0.15, 0.2) is 17.0 Å². The molecule has 0 aliphatic carbocycles. The molecule has 6 heteroatoms. The molecule has 0 amide bonds. The van der Waals surface area contributed by atoms with Gasteiger partial charge in [0.1, 0.15) is 0 Å². The van der Waals surface area contributed by atoms with Gasteiger partial charge >= 0.3 is 5.97 Å². The Bertz CT molecular complexity index is 632. The molecule has 1 aliphatic rings. The van der Waals surface area contributed by atoms with Gasteiger partial charge in [-0.25, -0.2) is 13.2 Å². The van der Waals surface area contributed by atoms with Crippen LogP contribution in [-0.2, 0) is 15.3 Å². The molecule has 1 heterocycles. The second kappa shape index (κ2) is 3.96. The van der Waals surface area contributed by atoms with Gasteiger partial charge < -0.3 is 5.11 Å². The number of hydrogen-bond acceptors (Lipinski definition) is 3. The summed E-state index contributed by atoms with van der Waals surface area (Å²) in [5.41, 5.74) is 0.113. The minimum Gasteiger partial charge on any atom is -0.478 e. The fourth-order valence-electron chi connectivity index (χ4n) is 2.18. The Labute approximate surface area is 110 Å². The molecule has 0 aromatic heterocycles. The first-order valence-corrected chi connectivity index (χ1v) is 7.49. The summed E-state index contributed by atoms with van der Waals surface area (Å²) in [6.07, 6.45) is 0.505. The van der Waals surface area contributed by atoms with Crippen molar-refractivity contribution in [3.63, 3.8) is 0 Å². The van der Waals surface area contributed by atoms with Crippen LogP contribution in [0.2, 0.25) is 5.02 Å². The quantitative estimate of drug-likeness (QED) is 0.862. The fraction of sp³-hybridized carbons (Fsp3) is 0.417. The van der Waals surface area contributed by atoms with Gasteiger partial charge in [0.25, 0.3) is 0 Å². The van der Waals surface area contributed by atoms with Crippen LogP contribution in [0.1, 0.15) is 36.2 Å². The van der Waals surface area contributed by atoms with Crippen molar-refractivity contribution >= 4 is 27.4 Å². The van der Waals surface area contributed by atoms with Gasteiger partial charge in [0, 0.05) is 0 Å². The lowest BCUT2D eigenvalue weighted by atomic mass is 9.81. The van der Waals surface area contributed by atoms with E-state index in [2.05, 4.69) is 0 Å². The average molecular weight is 289 g/mol. The Morgan fingerprint density at radius 1 is 1.39 bits per heavy atom. The van der Waals surface area contributed by atoms with Crippen LogP contribution < -0.4 is 0 Å². The molecule has 1 N–H and O–H groups in total. The minimum absolute atomic E-state index is 0.00417. The van der Waals surface area contributed by atoms with Crippen LogP contribution in [0.4, 0.5) is 0 Å². The van der Waals surface area contributed by atoms with Crippen LogP contribution in [0, 0.1) is 0 Å². The number of aromatic carboxylic acids is 1. The summed E-state index contributed by atoms with van der Waals surface area (Å²) in [4.78, 5) is 11.0. The Balaban J connectivity index is 2.85. The summed E-state index contributed by atoms with van der Waals surface area (Å²) in [5.74, 6) is -1.23. The van der Waals surface area contributed by atoms with Crippen LogP contribution in [-0.4, -0.2) is 25.2 Å². The monoisotopic (exact) mass is 288 g/mol. The molecule has 98 valence electrons. The number of fused-ring (bicyclic) bond motifs is 1. The lowest BCUT2D eigenvalue weighted by Crippen LogP contribution is -2.31. The molecule has 0 unspecified atom stereocenters. The molecule has 0 fully saturated rings. The summed E-state index contributed by atoms with van der Waals surface area (Å²) in [6, 6.07) is 2.92. The van der Waals surface area contributed by atoms with Crippen LogP contribution in [0.25, 0.3) is 0 Å². The molecule has 0 bridgehead atoms. The number of benzene rings is 1. The maximum absolute atomic E-state index is 12.1. The van der Waals surface area contributed by atoms with E-state index in [1.807, 2.05) is 13.8 Å². The molecule has 0 spiro atoms. The number of sulfone groups is 1. The van der Waals surface area contributed by atoms with E-state index in [4.69, 9.17) is 16.7 Å². The first kappa shape index (κ1) is 13.4. The van der Waals surface area contributed by atoms with Crippen LogP contribution in [0.5, 0.6) is 0 Å². The third kappa shape index (κ3) is 1.91. The molecule has 0 radical (unpaired) electrons. The summed E-state index contributed by atoms with van der Waals surface area (Å²) >= 11 is 5.97. The van der Waals surface area contributed by atoms with Crippen molar-refractivity contribution in [3.8, 4) is 0 Å². The third-order valence-electron chi connectivity index (χ3n) is 3.36. The van der Waals surface area contributed by atoms with Gasteiger partial charge in [-0.05, 0) is 23.5 Å². The van der Waals surface area contributed by atoms with Crippen molar-refractivity contribution in [3.05, 3.63) is 28.3 Å². The fourth-order valence-corrected chi connectivity index (χ4v) is 4.83. The van der Waals surface area contributed by atoms with Crippen molar-refractivity contribution in [1.82, 2.24) is 0 Å². The topological polar surface area (TPSA) is 71.4 Å². The highest BCUT2D eigenvalue weighted by atomic mass is 35.5. The molecule has 1 aromatic carbocycles. The normalized spacial score (nSPS) is 20.2. The zero-order valence-electron chi connectivity index (χ0n) is 10.0. The van der Waals surface area contributed by atoms with E-state index in [1.165, 1.54) is 6.07 Å². The molecule has 1 aliphatic heterocycles. The van der Waals surface area contributed by atoms with Gasteiger partial charge in [0.15, 0.2) is 9.84 Å². The summed E-state index contributed by atoms with van der Waals surface area (Å²) in [5, 5.41) is 8.81. The molecule has 4 nitrogen and oxygen atoms in total. The molecular weight excluding hydrogens is 276 g/mol. The second-order valence-electron chi connectivity index (χ2n) is 5.06. The lowest BCUT2D eigenvalue weighted by molar-refractivity contribution is 0.0696. The summed E-state index contributed by atoms with van der Waals surface area (Å²) < 4.78 is 24.2. The highest BCUT2D eigenvalue weighted by Crippen LogP contribution is 2.42. The number of hydrogen-bond donors (Lipinski definition) is 1. The Kier molecular flexibility index (Phi) is 2.94. The van der Waals surface area contributed by atoms with Crippen molar-refractivity contribution < 1.29 is 18.3 Å². The van der Waals surface area contributed by atoms with Gasteiger partial charge in [-0.2, -0.15) is 0 Å². The molecule has 18 heavy (non-hydrogen) atoms. The number of carboxylic acids is 1. The van der Waals surface area contributed by atoms with E-state index in [9.17, 15) is 13.2 Å². The molecule has 2 rings (SSSR count). The van der Waals surface area contributed by atoms with Crippen molar-refractivity contribution in [2.75, 3.05) is 5.75 Å². The molecule has 0 atom stereocenters. The average Bonchev–Trinajstić information content (AvgIpc) is 2.24. The van der Waals surface area contributed by atoms with E-state index in [0.29, 0.717) is 12.0 Å². The third-order valence-corrected chi connectivity index (χ3v) is 5.66. The van der Waals surface area contributed by atoms with E-state index >= 15 is 0 Å². The Morgan fingerprint density at radius 2 is 2.00 bits per heavy atom. The van der Waals surface area contributed by atoms with Crippen LogP contribution >= 0.6 is 11.6 Å². The van der Waals surface area contributed by atoms with Gasteiger partial charge in [-0.3, -0.25) is 0 Å². The second-order valence-corrected chi connectivity index (χ2v) is 7.49. The van der Waals surface area contributed by atoms with Crippen molar-refractivity contribution in [2.45, 2.75) is 30.6 Å². The minimum atomic E-state index is -3.50. The SMILES string of the molecule is CC1(C)CCS(=O)(=O)c2c1ccc(C(=O)O)c2Cl. The van der Waals surface area contributed by atoms with Gasteiger partial charge in [-0.1, -0.05) is 31.5 Å². The standard InChI is InChI=1S/C12H13ClO4S/c1-12(2)5-6-18(16,17)10-8(12)4-3-7(9(10)13)11(14)15/h3-4H,5-6H2,1-2H3,(H,14,15). The molecule has 1 aromatic rings. The number of halogens is 1. The largest absolute Gasteiger partial charge is 0.478 e. The summed E-state index contributed by atoms with van der Waals surface area (Å²) in [7, 11) is -3.50. The van der Waals surface area contributed by atoms with Crippen molar-refractivity contribution in [2.24, 2.45) is 0 Å². The smallest absolute Gasteiger partial charge is 0.337 e. The molecular formula is C12H13ClO4S. The Morgan fingerprint density at radius 3 is 2.56 bits per heavy atom. The van der Waals surface area contributed by atoms with E-state index in [1.54, 1.807) is 6.07 Å². The van der Waals surface area contributed by atoms with E-state index < -0.39 is 15.8 Å². The Hall–Kier alpha value is -1.07. The maximum Gasteiger partial charge on any atom is 0.337 e. The first-order chi connectivity index (χ1) is 8.17. The summed E-state index contributed by atoms with van der Waals surface area (Å²) in [6.45, 7) is 3.86. The number of carbonyl (C=O) groups is 1. The lowest BCUT2D eigenvalue weighted by Gasteiger charge is -2.32. The molecule has 0 saturated heterocycles. The zero-order chi connectivity index (χ0) is 13.7. The predicted molar refractivity (Wildman–Crippen MR) is 68.1 cm³/mol. The molecule has 0 saturated carbocycles. The highest BCUT2D eigenvalue weighted by Gasteiger charge is 2.38. The van der Waals surface area contributed by atoms with E-state index in [0.717, 1.165) is 0 Å². The van der Waals surface area contributed by atoms with Gasteiger partial charge in [0.05, 0.1) is 21.2 Å². The van der Waals surface area contributed by atoms with Crippen LogP contribution in [0.3, 0.4) is 0 Å². The number of carboxylic acid groups (broad SMARTS) is 1. The van der Waals surface area contributed by atoms with Crippen molar-refractivity contribution in [1.29, 1.82) is 0 Å². The van der Waals surface area contributed by atoms with Gasteiger partial charge in [-0.15, -0.1) is 0 Å². The van der Waals surface area contributed by atoms with E-state index in [-0.39, 0.29) is 26.6 Å². The first-order valence-electron chi connectivity index (χ1n) is 5.46. The predicted octanol–water partition coefficient (Wildman–Crippen LogP) is 2.49.